The van der Waals surface area contributed by atoms with Gasteiger partial charge in [-0.15, -0.1) is 11.3 Å². The average molecular weight is 331 g/mol. The van der Waals surface area contributed by atoms with Crippen LogP contribution in [0.2, 0.25) is 0 Å². The zero-order chi connectivity index (χ0) is 16.7. The predicted octanol–water partition coefficient (Wildman–Crippen LogP) is 2.73. The van der Waals surface area contributed by atoms with Gasteiger partial charge in [0.2, 0.25) is 0 Å². The van der Waals surface area contributed by atoms with Crippen LogP contribution in [0.25, 0.3) is 0 Å². The van der Waals surface area contributed by atoms with Crippen LogP contribution < -0.4 is 16.0 Å². The first-order valence-corrected chi connectivity index (χ1v) is 8.45. The first-order valence-electron chi connectivity index (χ1n) is 7.57. The third-order valence-electron chi connectivity index (χ3n) is 3.29. The van der Waals surface area contributed by atoms with Crippen LogP contribution in [-0.4, -0.2) is 30.9 Å². The molecule has 0 saturated heterocycles. The number of hydrogen-bond donors (Lipinski definition) is 3. The predicted molar refractivity (Wildman–Crippen MR) is 94.2 cm³/mol. The first kappa shape index (κ1) is 17.2. The Morgan fingerprint density at radius 3 is 2.61 bits per heavy atom. The Kier molecular flexibility index (Phi) is 6.31. The third-order valence-corrected chi connectivity index (χ3v) is 4.15. The lowest BCUT2D eigenvalue weighted by Gasteiger charge is -2.15. The van der Waals surface area contributed by atoms with Crippen LogP contribution in [0.3, 0.4) is 0 Å². The third kappa shape index (κ3) is 4.91. The van der Waals surface area contributed by atoms with Gasteiger partial charge in [-0.2, -0.15) is 0 Å². The van der Waals surface area contributed by atoms with Gasteiger partial charge in [-0.05, 0) is 37.0 Å². The Morgan fingerprint density at radius 2 is 1.91 bits per heavy atom. The van der Waals surface area contributed by atoms with E-state index in [1.54, 1.807) is 30.3 Å². The summed E-state index contributed by atoms with van der Waals surface area (Å²) in [7, 11) is 0. The molecule has 0 bridgehead atoms. The van der Waals surface area contributed by atoms with E-state index in [0.29, 0.717) is 22.7 Å². The molecule has 0 fully saturated rings. The standard InChI is InChI=1S/C17H21N3O2S/c1-3-18-12(2)11-19-16(21)13-7-4-5-8-14(13)20-17(22)15-9-6-10-23-15/h4-10,12,18H,3,11H2,1-2H3,(H,19,21)(H,20,22)/t12-/m1/s1. The Morgan fingerprint density at radius 1 is 1.13 bits per heavy atom. The van der Waals surface area contributed by atoms with E-state index < -0.39 is 0 Å². The normalized spacial score (nSPS) is 11.7. The fourth-order valence-corrected chi connectivity index (χ4v) is 2.76. The van der Waals surface area contributed by atoms with E-state index in [-0.39, 0.29) is 17.9 Å². The quantitative estimate of drug-likeness (QED) is 0.730. The average Bonchev–Trinajstić information content (AvgIpc) is 3.08. The summed E-state index contributed by atoms with van der Waals surface area (Å²) in [6, 6.07) is 10.8. The van der Waals surface area contributed by atoms with E-state index in [0.717, 1.165) is 6.54 Å². The summed E-state index contributed by atoms with van der Waals surface area (Å²) in [6.07, 6.45) is 0. The molecule has 0 aliphatic rings. The smallest absolute Gasteiger partial charge is 0.265 e. The minimum absolute atomic E-state index is 0.192. The molecule has 1 atom stereocenters. The van der Waals surface area contributed by atoms with Gasteiger partial charge in [0.15, 0.2) is 0 Å². The summed E-state index contributed by atoms with van der Waals surface area (Å²) in [5.41, 5.74) is 0.973. The van der Waals surface area contributed by atoms with Crippen LogP contribution >= 0.6 is 11.3 Å². The summed E-state index contributed by atoms with van der Waals surface area (Å²) in [6.45, 7) is 5.41. The minimum Gasteiger partial charge on any atom is -0.350 e. The van der Waals surface area contributed by atoms with E-state index in [2.05, 4.69) is 16.0 Å². The molecule has 0 aliphatic heterocycles. The largest absolute Gasteiger partial charge is 0.350 e. The van der Waals surface area contributed by atoms with Crippen molar-refractivity contribution in [2.75, 3.05) is 18.4 Å². The summed E-state index contributed by atoms with van der Waals surface area (Å²) >= 11 is 1.36. The number of hydrogen-bond acceptors (Lipinski definition) is 4. The number of benzene rings is 1. The lowest BCUT2D eigenvalue weighted by atomic mass is 10.1. The summed E-state index contributed by atoms with van der Waals surface area (Å²) in [5, 5.41) is 10.8. The van der Waals surface area contributed by atoms with Gasteiger partial charge in [0.05, 0.1) is 16.1 Å². The monoisotopic (exact) mass is 331 g/mol. The van der Waals surface area contributed by atoms with Crippen molar-refractivity contribution >= 4 is 28.8 Å². The molecule has 1 aromatic heterocycles. The zero-order valence-corrected chi connectivity index (χ0v) is 14.1. The molecule has 5 nitrogen and oxygen atoms in total. The number of nitrogens with one attached hydrogen (secondary N) is 3. The molecule has 0 aliphatic carbocycles. The number of para-hydroxylation sites is 1. The lowest BCUT2D eigenvalue weighted by molar-refractivity contribution is 0.0951. The van der Waals surface area contributed by atoms with E-state index in [1.807, 2.05) is 25.3 Å². The number of thiophene rings is 1. The number of rotatable bonds is 7. The van der Waals surface area contributed by atoms with Crippen molar-refractivity contribution in [3.63, 3.8) is 0 Å². The molecule has 3 N–H and O–H groups in total. The lowest BCUT2D eigenvalue weighted by Crippen LogP contribution is -2.39. The van der Waals surface area contributed by atoms with Crippen LogP contribution in [0.4, 0.5) is 5.69 Å². The highest BCUT2D eigenvalue weighted by molar-refractivity contribution is 7.12. The number of carbonyl (C=O) groups is 2. The van der Waals surface area contributed by atoms with Crippen LogP contribution in [-0.2, 0) is 0 Å². The molecular weight excluding hydrogens is 310 g/mol. The second-order valence-corrected chi connectivity index (χ2v) is 6.09. The topological polar surface area (TPSA) is 70.2 Å². The Hall–Kier alpha value is -2.18. The minimum atomic E-state index is -0.207. The van der Waals surface area contributed by atoms with Gasteiger partial charge in [-0.1, -0.05) is 25.1 Å². The van der Waals surface area contributed by atoms with Crippen molar-refractivity contribution in [1.29, 1.82) is 0 Å². The maximum absolute atomic E-state index is 12.4. The van der Waals surface area contributed by atoms with Crippen molar-refractivity contribution in [3.05, 3.63) is 52.2 Å². The fourth-order valence-electron chi connectivity index (χ4n) is 2.14. The van der Waals surface area contributed by atoms with Crippen molar-refractivity contribution in [1.82, 2.24) is 10.6 Å². The van der Waals surface area contributed by atoms with Gasteiger partial charge >= 0.3 is 0 Å². The van der Waals surface area contributed by atoms with Gasteiger partial charge in [-0.3, -0.25) is 9.59 Å². The van der Waals surface area contributed by atoms with Crippen LogP contribution in [0.5, 0.6) is 0 Å². The zero-order valence-electron chi connectivity index (χ0n) is 13.3. The van der Waals surface area contributed by atoms with Crippen LogP contribution in [0.15, 0.2) is 41.8 Å². The second kappa shape index (κ2) is 8.45. The highest BCUT2D eigenvalue weighted by atomic mass is 32.1. The molecule has 0 saturated carbocycles. The molecular formula is C17H21N3O2S. The van der Waals surface area contributed by atoms with Crippen molar-refractivity contribution in [2.24, 2.45) is 0 Å². The first-order chi connectivity index (χ1) is 11.1. The number of anilines is 1. The van der Waals surface area contributed by atoms with Crippen molar-refractivity contribution in [2.45, 2.75) is 19.9 Å². The molecule has 2 rings (SSSR count). The number of likely N-dealkylation sites (N-methyl/N-ethyl adjacent to an activating group) is 1. The SMILES string of the molecule is CCN[C@H](C)CNC(=O)c1ccccc1NC(=O)c1cccs1. The van der Waals surface area contributed by atoms with E-state index in [4.69, 9.17) is 0 Å². The van der Waals surface area contributed by atoms with Gasteiger partial charge < -0.3 is 16.0 Å². The molecule has 1 aromatic carbocycles. The molecule has 0 spiro atoms. The molecule has 23 heavy (non-hydrogen) atoms. The maximum atomic E-state index is 12.4. The molecule has 2 amide bonds. The van der Waals surface area contributed by atoms with Crippen LogP contribution in [0.1, 0.15) is 33.9 Å². The fraction of sp³-hybridized carbons (Fsp3) is 0.294. The molecule has 2 aromatic rings. The number of amides is 2. The molecule has 6 heteroatoms. The highest BCUT2D eigenvalue weighted by Crippen LogP contribution is 2.17. The second-order valence-electron chi connectivity index (χ2n) is 5.15. The molecule has 0 unspecified atom stereocenters. The van der Waals surface area contributed by atoms with Gasteiger partial charge in [-0.25, -0.2) is 0 Å². The molecule has 0 radical (unpaired) electrons. The molecule has 1 heterocycles. The van der Waals surface area contributed by atoms with Gasteiger partial charge in [0.25, 0.3) is 11.8 Å². The van der Waals surface area contributed by atoms with Gasteiger partial charge in [0, 0.05) is 12.6 Å². The van der Waals surface area contributed by atoms with Crippen LogP contribution in [0, 0.1) is 0 Å². The van der Waals surface area contributed by atoms with Crippen molar-refractivity contribution < 1.29 is 9.59 Å². The number of carbonyl (C=O) groups excluding carboxylic acids is 2. The molecule has 122 valence electrons. The Balaban J connectivity index is 2.05. The summed E-state index contributed by atoms with van der Waals surface area (Å²) in [4.78, 5) is 25.1. The summed E-state index contributed by atoms with van der Waals surface area (Å²) < 4.78 is 0. The Labute approximate surface area is 140 Å². The van der Waals surface area contributed by atoms with Crippen molar-refractivity contribution in [3.8, 4) is 0 Å². The van der Waals surface area contributed by atoms with E-state index in [1.165, 1.54) is 11.3 Å². The Bertz CT molecular complexity index is 656. The summed E-state index contributed by atoms with van der Waals surface area (Å²) in [5.74, 6) is -0.405. The van der Waals surface area contributed by atoms with E-state index in [9.17, 15) is 9.59 Å². The van der Waals surface area contributed by atoms with E-state index >= 15 is 0 Å². The highest BCUT2D eigenvalue weighted by Gasteiger charge is 2.14. The van der Waals surface area contributed by atoms with Gasteiger partial charge in [0.1, 0.15) is 0 Å². The maximum Gasteiger partial charge on any atom is 0.265 e.